The van der Waals surface area contributed by atoms with Gasteiger partial charge in [-0.2, -0.15) is 0 Å². The number of hydrogen-bond acceptors (Lipinski definition) is 6. The van der Waals surface area contributed by atoms with E-state index in [4.69, 9.17) is 4.99 Å². The molecule has 0 aliphatic carbocycles. The quantitative estimate of drug-likeness (QED) is 0.512. The zero-order valence-electron chi connectivity index (χ0n) is 23.6. The van der Waals surface area contributed by atoms with Crippen LogP contribution in [0.15, 0.2) is 40.7 Å². The van der Waals surface area contributed by atoms with Gasteiger partial charge in [0.1, 0.15) is 17.2 Å². The van der Waals surface area contributed by atoms with E-state index in [1.807, 2.05) is 37.8 Å². The first-order valence-corrected chi connectivity index (χ1v) is 14.7. The largest absolute Gasteiger partial charge is 0.390 e. The van der Waals surface area contributed by atoms with Crippen LogP contribution in [0.5, 0.6) is 0 Å². The van der Waals surface area contributed by atoms with Gasteiger partial charge in [-0.05, 0) is 117 Å². The SMILES string of the molecule is Cc1cc(C2=NC3(CCN(S/C=C/c4c(C)cc(C(=O)N5CCC(C)(O)CC5)cc4C)CC3)C(=O)N2)ccc1F. The highest BCUT2D eigenvalue weighted by molar-refractivity contribution is 8.00. The fourth-order valence-electron chi connectivity index (χ4n) is 5.67. The highest BCUT2D eigenvalue weighted by Crippen LogP contribution is 2.34. The molecule has 0 bridgehead atoms. The first kappa shape index (κ1) is 28.5. The van der Waals surface area contributed by atoms with Gasteiger partial charge in [0.2, 0.25) is 0 Å². The van der Waals surface area contributed by atoms with Crippen LogP contribution in [-0.2, 0) is 4.79 Å². The predicted octanol–water partition coefficient (Wildman–Crippen LogP) is 4.77. The number of likely N-dealkylation sites (tertiary alicyclic amines) is 1. The van der Waals surface area contributed by atoms with E-state index in [1.165, 1.54) is 6.07 Å². The molecular weight excluding hydrogens is 527 g/mol. The van der Waals surface area contributed by atoms with Gasteiger partial charge < -0.3 is 15.3 Å². The maximum atomic E-state index is 13.7. The summed E-state index contributed by atoms with van der Waals surface area (Å²) in [5, 5.41) is 15.2. The van der Waals surface area contributed by atoms with Gasteiger partial charge in [0, 0.05) is 37.3 Å². The first-order valence-electron chi connectivity index (χ1n) is 13.9. The van der Waals surface area contributed by atoms with E-state index >= 15 is 0 Å². The summed E-state index contributed by atoms with van der Waals surface area (Å²) in [5.41, 5.74) is 3.67. The van der Waals surface area contributed by atoms with Crippen LogP contribution in [0.4, 0.5) is 4.39 Å². The lowest BCUT2D eigenvalue weighted by Gasteiger charge is -2.36. The molecule has 0 saturated carbocycles. The Labute approximate surface area is 239 Å². The van der Waals surface area contributed by atoms with Crippen LogP contribution in [0.25, 0.3) is 6.08 Å². The summed E-state index contributed by atoms with van der Waals surface area (Å²) in [6.45, 7) is 10.2. The van der Waals surface area contributed by atoms with Crippen molar-refractivity contribution in [3.05, 3.63) is 74.9 Å². The summed E-state index contributed by atoms with van der Waals surface area (Å²) in [7, 11) is 0. The zero-order valence-corrected chi connectivity index (χ0v) is 24.4. The third-order valence-electron chi connectivity index (χ3n) is 8.37. The number of carbonyl (C=O) groups is 2. The van der Waals surface area contributed by atoms with Crippen molar-refractivity contribution in [1.29, 1.82) is 0 Å². The molecule has 0 atom stereocenters. The first-order chi connectivity index (χ1) is 19.0. The number of benzene rings is 2. The van der Waals surface area contributed by atoms with E-state index in [0.29, 0.717) is 55.7 Å². The number of aliphatic hydroxyl groups is 1. The average molecular weight is 565 g/mol. The summed E-state index contributed by atoms with van der Waals surface area (Å²) in [6.07, 6.45) is 4.51. The number of carbonyl (C=O) groups excluding carboxylic acids is 2. The molecule has 0 unspecified atom stereocenters. The maximum Gasteiger partial charge on any atom is 0.253 e. The summed E-state index contributed by atoms with van der Waals surface area (Å²) in [5.74, 6) is 0.185. The minimum Gasteiger partial charge on any atom is -0.390 e. The molecule has 2 fully saturated rings. The molecule has 0 aromatic heterocycles. The Morgan fingerprint density at radius 2 is 1.68 bits per heavy atom. The van der Waals surface area contributed by atoms with Gasteiger partial charge in [-0.25, -0.2) is 8.70 Å². The highest BCUT2D eigenvalue weighted by Gasteiger charge is 2.46. The Kier molecular flexibility index (Phi) is 7.92. The van der Waals surface area contributed by atoms with Crippen molar-refractivity contribution in [2.75, 3.05) is 26.2 Å². The fraction of sp³-hybridized carbons (Fsp3) is 0.452. The number of amidine groups is 1. The van der Waals surface area contributed by atoms with Crippen molar-refractivity contribution in [3.8, 4) is 0 Å². The number of rotatable bonds is 5. The van der Waals surface area contributed by atoms with Gasteiger partial charge in [0.15, 0.2) is 0 Å². The summed E-state index contributed by atoms with van der Waals surface area (Å²) in [6, 6.07) is 8.68. The molecule has 2 saturated heterocycles. The average Bonchev–Trinajstić information content (AvgIpc) is 3.23. The molecule has 3 heterocycles. The highest BCUT2D eigenvalue weighted by atomic mass is 32.2. The van der Waals surface area contributed by atoms with E-state index in [2.05, 4.69) is 21.1 Å². The smallest absolute Gasteiger partial charge is 0.253 e. The van der Waals surface area contributed by atoms with Crippen molar-refractivity contribution < 1.29 is 19.1 Å². The second-order valence-electron chi connectivity index (χ2n) is 11.6. The lowest BCUT2D eigenvalue weighted by atomic mass is 9.89. The van der Waals surface area contributed by atoms with Gasteiger partial charge in [-0.1, -0.05) is 11.9 Å². The lowest BCUT2D eigenvalue weighted by molar-refractivity contribution is -0.124. The molecule has 3 aliphatic rings. The number of nitrogens with one attached hydrogen (secondary N) is 1. The molecule has 212 valence electrons. The van der Waals surface area contributed by atoms with Crippen LogP contribution in [0.3, 0.4) is 0 Å². The van der Waals surface area contributed by atoms with Crippen LogP contribution in [-0.4, -0.2) is 69.3 Å². The van der Waals surface area contributed by atoms with Gasteiger partial charge in [-0.3, -0.25) is 14.6 Å². The van der Waals surface area contributed by atoms with Crippen LogP contribution < -0.4 is 5.32 Å². The molecule has 1 spiro atoms. The molecule has 3 aliphatic heterocycles. The lowest BCUT2D eigenvalue weighted by Crippen LogP contribution is -2.47. The number of hydrogen-bond donors (Lipinski definition) is 2. The predicted molar refractivity (Wildman–Crippen MR) is 158 cm³/mol. The fourth-order valence-corrected chi connectivity index (χ4v) is 6.43. The third-order valence-corrected chi connectivity index (χ3v) is 9.30. The van der Waals surface area contributed by atoms with Crippen LogP contribution in [0.2, 0.25) is 0 Å². The molecule has 40 heavy (non-hydrogen) atoms. The Morgan fingerprint density at radius 3 is 2.30 bits per heavy atom. The second-order valence-corrected chi connectivity index (χ2v) is 12.6. The minimum absolute atomic E-state index is 0.0187. The minimum atomic E-state index is -0.766. The molecule has 2 amide bonds. The summed E-state index contributed by atoms with van der Waals surface area (Å²) < 4.78 is 15.9. The third kappa shape index (κ3) is 5.87. The normalized spacial score (nSPS) is 20.7. The molecule has 2 aromatic carbocycles. The van der Waals surface area contributed by atoms with Crippen molar-refractivity contribution in [2.45, 2.75) is 64.5 Å². The standard InChI is InChI=1S/C31H37FN4O3S/c1-20-17-24(28(37)35-12-8-30(4,39)9-13-35)18-21(2)25(20)7-16-40-36-14-10-31(11-15-36)29(38)33-27(34-31)23-5-6-26(32)22(3)19-23/h5-7,16-19,39H,8-15H2,1-4H3,(H,33,34,38)/b16-7+. The molecule has 5 rings (SSSR count). The van der Waals surface area contributed by atoms with Crippen LogP contribution in [0.1, 0.15) is 70.8 Å². The Hall–Kier alpha value is -3.01. The number of aliphatic imine (C=N–C) groups is 1. The van der Waals surface area contributed by atoms with E-state index in [-0.39, 0.29) is 17.6 Å². The number of aryl methyl sites for hydroxylation is 3. The molecule has 2 aromatic rings. The number of piperidine rings is 2. The Balaban J connectivity index is 1.18. The second kappa shape index (κ2) is 11.1. The van der Waals surface area contributed by atoms with E-state index in [9.17, 15) is 19.1 Å². The Morgan fingerprint density at radius 1 is 1.02 bits per heavy atom. The molecule has 7 nitrogen and oxygen atoms in total. The van der Waals surface area contributed by atoms with Gasteiger partial charge in [0.05, 0.1) is 5.60 Å². The van der Waals surface area contributed by atoms with Crippen molar-refractivity contribution >= 4 is 35.7 Å². The summed E-state index contributed by atoms with van der Waals surface area (Å²) >= 11 is 1.62. The van der Waals surface area contributed by atoms with E-state index in [1.54, 1.807) is 31.0 Å². The molecule has 9 heteroatoms. The monoisotopic (exact) mass is 564 g/mol. The maximum absolute atomic E-state index is 13.7. The molecular formula is C31H37FN4O3S. The van der Waals surface area contributed by atoms with Gasteiger partial charge in [0.25, 0.3) is 11.8 Å². The van der Waals surface area contributed by atoms with Crippen molar-refractivity contribution in [2.24, 2.45) is 4.99 Å². The number of halogens is 1. The van der Waals surface area contributed by atoms with Crippen molar-refractivity contribution in [1.82, 2.24) is 14.5 Å². The summed E-state index contributed by atoms with van der Waals surface area (Å²) in [4.78, 5) is 32.6. The van der Waals surface area contributed by atoms with Crippen LogP contribution >= 0.6 is 11.9 Å². The van der Waals surface area contributed by atoms with Gasteiger partial charge in [-0.15, -0.1) is 0 Å². The Bertz CT molecular complexity index is 1360. The van der Waals surface area contributed by atoms with Crippen LogP contribution in [0, 0.1) is 26.6 Å². The van der Waals surface area contributed by atoms with Gasteiger partial charge >= 0.3 is 0 Å². The molecule has 0 radical (unpaired) electrons. The zero-order chi connectivity index (χ0) is 28.7. The van der Waals surface area contributed by atoms with E-state index < -0.39 is 11.1 Å². The molecule has 2 N–H and O–H groups in total. The van der Waals surface area contributed by atoms with Crippen molar-refractivity contribution in [3.63, 3.8) is 0 Å². The van der Waals surface area contributed by atoms with E-state index in [0.717, 1.165) is 35.3 Å². The topological polar surface area (TPSA) is 85.2 Å². The number of nitrogens with zero attached hydrogens (tertiary/aromatic N) is 3. The number of amides is 2.